The number of phenolic OH excluding ortho intramolecular Hbond substituents is 1. The monoisotopic (exact) mass is 442 g/mol. The number of aliphatic hydroxyl groups is 3. The van der Waals surface area contributed by atoms with Gasteiger partial charge in [-0.05, 0) is 35.4 Å². The van der Waals surface area contributed by atoms with Gasteiger partial charge < -0.3 is 35.0 Å². The van der Waals surface area contributed by atoms with Crippen molar-refractivity contribution in [3.63, 3.8) is 0 Å². The molecule has 8 nitrogen and oxygen atoms in total. The number of phenols is 1. The Bertz CT molecular complexity index is 937. The summed E-state index contributed by atoms with van der Waals surface area (Å²) in [6.07, 6.45) is -2.21. The Morgan fingerprint density at radius 3 is 2.31 bits per heavy atom. The Morgan fingerprint density at radius 2 is 1.72 bits per heavy atom. The number of aliphatic carboxylic acids is 1. The van der Waals surface area contributed by atoms with Gasteiger partial charge in [0.25, 0.3) is 0 Å². The number of aliphatic hydroxyl groups excluding tert-OH is 3. The molecule has 0 saturated carbocycles. The van der Waals surface area contributed by atoms with Crippen LogP contribution < -0.4 is 4.74 Å². The zero-order valence-electron chi connectivity index (χ0n) is 17.2. The lowest BCUT2D eigenvalue weighted by Crippen LogP contribution is -2.47. The highest BCUT2D eigenvalue weighted by atomic mass is 16.6. The largest absolute Gasteiger partial charge is 0.508 e. The maximum Gasteiger partial charge on any atom is 0.336 e. The molecule has 170 valence electrons. The molecule has 1 heterocycles. The summed E-state index contributed by atoms with van der Waals surface area (Å²) in [6.45, 7) is 3.86. The van der Waals surface area contributed by atoms with Crippen LogP contribution >= 0.6 is 0 Å². The van der Waals surface area contributed by atoms with E-state index in [0.717, 1.165) is 11.1 Å². The third-order valence-corrected chi connectivity index (χ3v) is 5.20. The fourth-order valence-electron chi connectivity index (χ4n) is 3.41. The number of allylic oxidation sites excluding steroid dienone is 2. The Hall–Kier alpha value is -3.17. The summed E-state index contributed by atoms with van der Waals surface area (Å²) < 4.78 is 10.7. The van der Waals surface area contributed by atoms with Crippen molar-refractivity contribution in [2.75, 3.05) is 0 Å². The molecule has 6 atom stereocenters. The molecule has 2 aromatic carbocycles. The Morgan fingerprint density at radius 1 is 1.06 bits per heavy atom. The molecular formula is C24H26O8. The predicted molar refractivity (Wildman–Crippen MR) is 116 cm³/mol. The summed E-state index contributed by atoms with van der Waals surface area (Å²) >= 11 is 0. The molecule has 8 heteroatoms. The minimum atomic E-state index is -1.74. The van der Waals surface area contributed by atoms with Crippen LogP contribution in [0.1, 0.15) is 23.5 Å². The lowest BCUT2D eigenvalue weighted by Gasteiger charge is -2.26. The van der Waals surface area contributed by atoms with Crippen LogP contribution in [0.4, 0.5) is 0 Å². The van der Waals surface area contributed by atoms with E-state index in [1.54, 1.807) is 54.6 Å². The van der Waals surface area contributed by atoms with Gasteiger partial charge in [0.05, 0.1) is 6.10 Å². The molecule has 0 spiro atoms. The minimum Gasteiger partial charge on any atom is -0.508 e. The topological polar surface area (TPSA) is 137 Å². The molecule has 1 fully saturated rings. The molecule has 5 N–H and O–H groups in total. The van der Waals surface area contributed by atoms with E-state index in [1.165, 1.54) is 0 Å². The second kappa shape index (κ2) is 10.4. The summed E-state index contributed by atoms with van der Waals surface area (Å²) in [5.41, 5.74) is 1.82. The molecule has 1 aliphatic rings. The first kappa shape index (κ1) is 23.5. The first-order valence-electron chi connectivity index (χ1n) is 10.1. The van der Waals surface area contributed by atoms with Crippen LogP contribution in [0.25, 0.3) is 6.08 Å². The van der Waals surface area contributed by atoms with E-state index in [1.807, 2.05) is 12.2 Å². The van der Waals surface area contributed by atoms with Gasteiger partial charge in [0.2, 0.25) is 0 Å². The van der Waals surface area contributed by atoms with Gasteiger partial charge in [0, 0.05) is 12.3 Å². The first-order valence-corrected chi connectivity index (χ1v) is 10.1. The van der Waals surface area contributed by atoms with Crippen LogP contribution in [-0.2, 0) is 9.53 Å². The van der Waals surface area contributed by atoms with Gasteiger partial charge in [-0.15, -0.1) is 6.58 Å². The molecule has 2 aromatic rings. The lowest BCUT2D eigenvalue weighted by molar-refractivity contribution is -0.203. The van der Waals surface area contributed by atoms with Crippen LogP contribution in [0.3, 0.4) is 0 Å². The van der Waals surface area contributed by atoms with Crippen LogP contribution in [0.5, 0.6) is 11.5 Å². The molecule has 1 saturated heterocycles. The highest BCUT2D eigenvalue weighted by Gasteiger charge is 2.43. The van der Waals surface area contributed by atoms with E-state index >= 15 is 0 Å². The van der Waals surface area contributed by atoms with E-state index < -0.39 is 36.7 Å². The van der Waals surface area contributed by atoms with Crippen molar-refractivity contribution in [2.24, 2.45) is 0 Å². The molecular weight excluding hydrogens is 416 g/mol. The second-order valence-electron chi connectivity index (χ2n) is 7.52. The molecule has 0 bridgehead atoms. The normalized spacial score (nSPS) is 26.9. The molecule has 1 aliphatic heterocycles. The van der Waals surface area contributed by atoms with Gasteiger partial charge in [-0.3, -0.25) is 0 Å². The maximum absolute atomic E-state index is 11.6. The summed E-state index contributed by atoms with van der Waals surface area (Å²) in [4.78, 5) is 11.6. The van der Waals surface area contributed by atoms with E-state index in [9.17, 15) is 30.3 Å². The molecule has 6 unspecified atom stereocenters. The number of ether oxygens (including phenoxy) is 2. The molecule has 0 aromatic heterocycles. The Kier molecular flexibility index (Phi) is 7.66. The van der Waals surface area contributed by atoms with Crippen molar-refractivity contribution in [1.82, 2.24) is 0 Å². The van der Waals surface area contributed by atoms with Crippen LogP contribution in [0.2, 0.25) is 0 Å². The summed E-state index contributed by atoms with van der Waals surface area (Å²) in [5, 5.41) is 48.6. The number of benzene rings is 2. The number of hydrogen-bond donors (Lipinski definition) is 5. The fourth-order valence-corrected chi connectivity index (χ4v) is 3.41. The van der Waals surface area contributed by atoms with Crippen molar-refractivity contribution in [1.29, 1.82) is 0 Å². The molecule has 0 aliphatic carbocycles. The predicted octanol–water partition coefficient (Wildman–Crippen LogP) is 2.04. The molecule has 0 amide bonds. The zero-order chi connectivity index (χ0) is 23.3. The smallest absolute Gasteiger partial charge is 0.336 e. The van der Waals surface area contributed by atoms with Crippen LogP contribution in [0, 0.1) is 0 Å². The quantitative estimate of drug-likeness (QED) is 0.411. The average Bonchev–Trinajstić information content (AvgIpc) is 2.87. The summed E-state index contributed by atoms with van der Waals surface area (Å²) in [7, 11) is 0. The fraction of sp³-hybridized carbons (Fsp3) is 0.292. The van der Waals surface area contributed by atoms with Crippen LogP contribution in [-0.4, -0.2) is 62.2 Å². The van der Waals surface area contributed by atoms with Crippen molar-refractivity contribution in [2.45, 2.75) is 43.0 Å². The molecule has 3 rings (SSSR count). The number of aromatic hydroxyl groups is 1. The number of carboxylic acid groups (broad SMARTS) is 1. The van der Waals surface area contributed by atoms with Crippen molar-refractivity contribution < 1.29 is 39.8 Å². The average molecular weight is 442 g/mol. The van der Waals surface area contributed by atoms with E-state index in [4.69, 9.17) is 9.47 Å². The zero-order valence-corrected chi connectivity index (χ0v) is 17.2. The standard InChI is InChI=1S/C24H26O8/c1-2-15(6-3-14-4-9-17(25)10-5-14)16-7-11-18(12-8-16)31-21-19(26)13-20(27)24(30)32-22(21)23(28)29/h2-12,15,19-22,24-27,30H,1,13H2,(H,28,29). The number of carbonyl (C=O) groups is 1. The maximum atomic E-state index is 11.6. The summed E-state index contributed by atoms with van der Waals surface area (Å²) in [6, 6.07) is 13.6. The molecule has 0 radical (unpaired) electrons. The third kappa shape index (κ3) is 5.74. The highest BCUT2D eigenvalue weighted by molar-refractivity contribution is 5.73. The van der Waals surface area contributed by atoms with Crippen molar-refractivity contribution in [3.8, 4) is 11.5 Å². The highest BCUT2D eigenvalue weighted by Crippen LogP contribution is 2.27. The van der Waals surface area contributed by atoms with Crippen LogP contribution in [0.15, 0.2) is 67.3 Å². The summed E-state index contributed by atoms with van der Waals surface area (Å²) in [5.74, 6) is -1.05. The van der Waals surface area contributed by atoms with Crippen molar-refractivity contribution >= 4 is 12.0 Å². The number of hydrogen-bond acceptors (Lipinski definition) is 7. The van der Waals surface area contributed by atoms with Gasteiger partial charge in [-0.25, -0.2) is 4.79 Å². The number of carboxylic acids is 1. The van der Waals surface area contributed by atoms with Gasteiger partial charge in [0.1, 0.15) is 17.6 Å². The van der Waals surface area contributed by atoms with Gasteiger partial charge in [-0.2, -0.15) is 0 Å². The molecule has 32 heavy (non-hydrogen) atoms. The third-order valence-electron chi connectivity index (χ3n) is 5.20. The number of rotatable bonds is 7. The van der Waals surface area contributed by atoms with Gasteiger partial charge in [0.15, 0.2) is 18.5 Å². The minimum absolute atomic E-state index is 0.110. The van der Waals surface area contributed by atoms with E-state index in [-0.39, 0.29) is 18.1 Å². The van der Waals surface area contributed by atoms with E-state index in [2.05, 4.69) is 6.58 Å². The lowest BCUT2D eigenvalue weighted by atomic mass is 9.97. The second-order valence-corrected chi connectivity index (χ2v) is 7.52. The van der Waals surface area contributed by atoms with E-state index in [0.29, 0.717) is 5.75 Å². The first-order chi connectivity index (χ1) is 15.3. The van der Waals surface area contributed by atoms with Gasteiger partial charge >= 0.3 is 5.97 Å². The Balaban J connectivity index is 1.74. The van der Waals surface area contributed by atoms with Gasteiger partial charge in [-0.1, -0.05) is 42.5 Å². The SMILES string of the molecule is C=CC(C=Cc1ccc(O)cc1)c1ccc(OC2C(O)CC(O)C(O)OC2C(=O)O)cc1. The van der Waals surface area contributed by atoms with Crippen molar-refractivity contribution in [3.05, 3.63) is 78.4 Å². The Labute approximate surface area is 185 Å².